The first kappa shape index (κ1) is 18.6. The van der Waals surface area contributed by atoms with E-state index in [1.165, 1.54) is 43.8 Å². The first-order valence-corrected chi connectivity index (χ1v) is 7.80. The zero-order valence-corrected chi connectivity index (χ0v) is 14.1. The number of anilines is 1. The van der Waals surface area contributed by atoms with Crippen LogP contribution in [0, 0.1) is 5.82 Å². The molecular formula is C18H14F4N4O. The van der Waals surface area contributed by atoms with Crippen LogP contribution in [0.2, 0.25) is 0 Å². The van der Waals surface area contributed by atoms with E-state index in [9.17, 15) is 17.6 Å². The summed E-state index contributed by atoms with van der Waals surface area (Å²) in [6.07, 6.45) is -1.76. The Morgan fingerprint density at radius 2 is 1.78 bits per heavy atom. The van der Waals surface area contributed by atoms with Gasteiger partial charge in [-0.2, -0.15) is 13.2 Å². The van der Waals surface area contributed by atoms with Crippen molar-refractivity contribution >= 4 is 5.82 Å². The van der Waals surface area contributed by atoms with Gasteiger partial charge < -0.3 is 10.1 Å². The number of pyridine rings is 1. The van der Waals surface area contributed by atoms with Crippen LogP contribution in [0.4, 0.5) is 23.4 Å². The van der Waals surface area contributed by atoms with E-state index < -0.39 is 17.7 Å². The Hall–Kier alpha value is -3.23. The second kappa shape index (κ2) is 7.56. The molecule has 0 saturated heterocycles. The zero-order chi connectivity index (χ0) is 19.4. The van der Waals surface area contributed by atoms with Gasteiger partial charge in [0.2, 0.25) is 0 Å². The molecule has 0 aliphatic carbocycles. The van der Waals surface area contributed by atoms with E-state index in [0.717, 1.165) is 6.07 Å². The number of rotatable bonds is 5. The van der Waals surface area contributed by atoms with Crippen LogP contribution < -0.4 is 10.1 Å². The van der Waals surface area contributed by atoms with Gasteiger partial charge in [0.15, 0.2) is 23.1 Å². The van der Waals surface area contributed by atoms with E-state index in [-0.39, 0.29) is 23.9 Å². The Labute approximate surface area is 152 Å². The highest BCUT2D eigenvalue weighted by molar-refractivity contribution is 5.57. The van der Waals surface area contributed by atoms with Crippen LogP contribution in [-0.4, -0.2) is 22.1 Å². The van der Waals surface area contributed by atoms with Crippen LogP contribution in [0.15, 0.2) is 48.8 Å². The van der Waals surface area contributed by atoms with Gasteiger partial charge in [0.1, 0.15) is 5.82 Å². The molecule has 27 heavy (non-hydrogen) atoms. The van der Waals surface area contributed by atoms with Crippen molar-refractivity contribution in [3.05, 3.63) is 65.9 Å². The molecular weight excluding hydrogens is 364 g/mol. The summed E-state index contributed by atoms with van der Waals surface area (Å²) in [5, 5.41) is 2.77. The minimum atomic E-state index is -4.63. The minimum Gasteiger partial charge on any atom is -0.494 e. The van der Waals surface area contributed by atoms with Gasteiger partial charge in [0.25, 0.3) is 0 Å². The van der Waals surface area contributed by atoms with Crippen molar-refractivity contribution in [3.63, 3.8) is 0 Å². The molecule has 5 nitrogen and oxygen atoms in total. The Morgan fingerprint density at radius 1 is 1.04 bits per heavy atom. The van der Waals surface area contributed by atoms with Crippen LogP contribution in [0.3, 0.4) is 0 Å². The van der Waals surface area contributed by atoms with Crippen LogP contribution in [0.25, 0.3) is 11.4 Å². The van der Waals surface area contributed by atoms with Gasteiger partial charge in [-0.15, -0.1) is 0 Å². The van der Waals surface area contributed by atoms with Crippen molar-refractivity contribution in [2.45, 2.75) is 12.7 Å². The van der Waals surface area contributed by atoms with Gasteiger partial charge in [-0.05, 0) is 29.8 Å². The number of ether oxygens (including phenoxy) is 1. The Morgan fingerprint density at radius 3 is 2.41 bits per heavy atom. The van der Waals surface area contributed by atoms with Crippen molar-refractivity contribution < 1.29 is 22.3 Å². The Balaban J connectivity index is 1.89. The molecule has 0 unspecified atom stereocenters. The molecule has 0 atom stereocenters. The van der Waals surface area contributed by atoms with E-state index in [1.54, 1.807) is 6.07 Å². The molecule has 0 fully saturated rings. The monoisotopic (exact) mass is 378 g/mol. The summed E-state index contributed by atoms with van der Waals surface area (Å²) in [6.45, 7) is 0.0744. The number of hydrogen-bond donors (Lipinski definition) is 1. The van der Waals surface area contributed by atoms with Gasteiger partial charge in [-0.3, -0.25) is 4.98 Å². The quantitative estimate of drug-likeness (QED) is 0.670. The third-order valence-electron chi connectivity index (χ3n) is 3.64. The fourth-order valence-electron chi connectivity index (χ4n) is 2.33. The lowest BCUT2D eigenvalue weighted by atomic mass is 10.2. The summed E-state index contributed by atoms with van der Waals surface area (Å²) >= 11 is 0. The Kier molecular flexibility index (Phi) is 5.20. The topological polar surface area (TPSA) is 59.9 Å². The van der Waals surface area contributed by atoms with E-state index in [0.29, 0.717) is 11.1 Å². The van der Waals surface area contributed by atoms with Crippen molar-refractivity contribution in [2.24, 2.45) is 0 Å². The van der Waals surface area contributed by atoms with E-state index >= 15 is 0 Å². The van der Waals surface area contributed by atoms with Crippen molar-refractivity contribution in [3.8, 4) is 17.1 Å². The van der Waals surface area contributed by atoms with Crippen molar-refractivity contribution in [1.82, 2.24) is 15.0 Å². The summed E-state index contributed by atoms with van der Waals surface area (Å²) in [7, 11) is 1.34. The normalized spacial score (nSPS) is 11.3. The van der Waals surface area contributed by atoms with Gasteiger partial charge >= 0.3 is 6.18 Å². The fraction of sp³-hybridized carbons (Fsp3) is 0.167. The standard InChI is InChI=1S/C18H14F4N4O/c1-27-14-3-2-11(8-13(14)19)10-24-16-9-15(18(20,21)22)25-17(26-16)12-4-6-23-7-5-12/h2-9H,10H2,1H3,(H,24,25,26). The van der Waals surface area contributed by atoms with Gasteiger partial charge in [-0.1, -0.05) is 6.07 Å². The van der Waals surface area contributed by atoms with Gasteiger partial charge in [-0.25, -0.2) is 14.4 Å². The third kappa shape index (κ3) is 4.49. The summed E-state index contributed by atoms with van der Waals surface area (Å²) < 4.78 is 58.1. The molecule has 1 N–H and O–H groups in total. The highest BCUT2D eigenvalue weighted by atomic mass is 19.4. The number of aromatic nitrogens is 3. The molecule has 0 radical (unpaired) electrons. The number of nitrogens with one attached hydrogen (secondary N) is 1. The average Bonchev–Trinajstić information content (AvgIpc) is 2.66. The maximum atomic E-state index is 13.7. The summed E-state index contributed by atoms with van der Waals surface area (Å²) in [6, 6.07) is 8.11. The first-order chi connectivity index (χ1) is 12.9. The first-order valence-electron chi connectivity index (χ1n) is 7.80. The van der Waals surface area contributed by atoms with Crippen LogP contribution in [0.1, 0.15) is 11.3 Å². The van der Waals surface area contributed by atoms with E-state index in [4.69, 9.17) is 4.74 Å². The zero-order valence-electron chi connectivity index (χ0n) is 14.1. The molecule has 2 heterocycles. The molecule has 0 saturated carbocycles. The summed E-state index contributed by atoms with van der Waals surface area (Å²) in [5.74, 6) is -0.593. The van der Waals surface area contributed by atoms with Crippen molar-refractivity contribution in [1.29, 1.82) is 0 Å². The van der Waals surface area contributed by atoms with Crippen LogP contribution in [-0.2, 0) is 12.7 Å². The molecule has 0 aliphatic heterocycles. The van der Waals surface area contributed by atoms with Gasteiger partial charge in [0.05, 0.1) is 7.11 Å². The molecule has 140 valence electrons. The van der Waals surface area contributed by atoms with E-state index in [2.05, 4.69) is 20.3 Å². The largest absolute Gasteiger partial charge is 0.494 e. The number of nitrogens with zero attached hydrogens (tertiary/aromatic N) is 3. The predicted octanol–water partition coefficient (Wildman–Crippen LogP) is 4.32. The number of halogens is 4. The minimum absolute atomic E-state index is 0.0274. The van der Waals surface area contributed by atoms with Crippen LogP contribution in [0.5, 0.6) is 5.75 Å². The molecule has 1 aromatic carbocycles. The smallest absolute Gasteiger partial charge is 0.433 e. The van der Waals surface area contributed by atoms with Crippen LogP contribution >= 0.6 is 0 Å². The second-order valence-electron chi connectivity index (χ2n) is 5.52. The number of benzene rings is 1. The lowest BCUT2D eigenvalue weighted by Gasteiger charge is -2.12. The van der Waals surface area contributed by atoms with Crippen molar-refractivity contribution in [2.75, 3.05) is 12.4 Å². The lowest BCUT2D eigenvalue weighted by molar-refractivity contribution is -0.141. The number of alkyl halides is 3. The second-order valence-corrected chi connectivity index (χ2v) is 5.52. The fourth-order valence-corrected chi connectivity index (χ4v) is 2.33. The molecule has 0 bridgehead atoms. The summed E-state index contributed by atoms with van der Waals surface area (Å²) in [4.78, 5) is 11.5. The molecule has 0 spiro atoms. The average molecular weight is 378 g/mol. The molecule has 0 aliphatic rings. The molecule has 3 aromatic rings. The molecule has 3 rings (SSSR count). The molecule has 2 aromatic heterocycles. The highest BCUT2D eigenvalue weighted by Crippen LogP contribution is 2.30. The molecule has 0 amide bonds. The lowest BCUT2D eigenvalue weighted by Crippen LogP contribution is -2.12. The summed E-state index contributed by atoms with van der Waals surface area (Å²) in [5.41, 5.74) is -0.159. The van der Waals surface area contributed by atoms with Gasteiger partial charge in [0, 0.05) is 30.6 Å². The maximum absolute atomic E-state index is 13.7. The maximum Gasteiger partial charge on any atom is 0.433 e. The number of methoxy groups -OCH3 is 1. The number of hydrogen-bond acceptors (Lipinski definition) is 5. The predicted molar refractivity (Wildman–Crippen MR) is 90.5 cm³/mol. The third-order valence-corrected chi connectivity index (χ3v) is 3.64. The molecule has 9 heteroatoms. The Bertz CT molecular complexity index is 932. The highest BCUT2D eigenvalue weighted by Gasteiger charge is 2.33. The SMILES string of the molecule is COc1ccc(CNc2cc(C(F)(F)F)nc(-c3ccncc3)n2)cc1F. The van der Waals surface area contributed by atoms with E-state index in [1.807, 2.05) is 0 Å².